The van der Waals surface area contributed by atoms with Gasteiger partial charge in [-0.2, -0.15) is 10.4 Å². The Morgan fingerprint density at radius 3 is 2.42 bits per heavy atom. The Kier molecular flexibility index (Phi) is 9.70. The van der Waals surface area contributed by atoms with Crippen LogP contribution >= 0.6 is 0 Å². The number of hydrogen-bond donors (Lipinski definition) is 1. The van der Waals surface area contributed by atoms with Gasteiger partial charge in [0.05, 0.1) is 16.9 Å². The number of nitriles is 1. The van der Waals surface area contributed by atoms with Crippen molar-refractivity contribution in [3.05, 3.63) is 47.3 Å². The lowest BCUT2D eigenvalue weighted by Gasteiger charge is -2.39. The van der Waals surface area contributed by atoms with Gasteiger partial charge in [-0.1, -0.05) is 27.7 Å². The smallest absolute Gasteiger partial charge is 0.414 e. The molecule has 2 aliphatic rings. The maximum Gasteiger partial charge on any atom is 0.414 e. The van der Waals surface area contributed by atoms with Gasteiger partial charge in [0.15, 0.2) is 14.1 Å². The summed E-state index contributed by atoms with van der Waals surface area (Å²) >= 11 is 0. The Morgan fingerprint density at radius 2 is 1.84 bits per heavy atom. The summed E-state index contributed by atoms with van der Waals surface area (Å²) in [7, 11) is -0.324. The number of nitrogens with zero attached hydrogens (tertiary/aromatic N) is 7. The van der Waals surface area contributed by atoms with E-state index in [9.17, 15) is 14.9 Å². The summed E-state index contributed by atoms with van der Waals surface area (Å²) in [6.45, 7) is 23.2. The van der Waals surface area contributed by atoms with Crippen LogP contribution in [-0.2, 0) is 14.6 Å². The normalized spacial score (nSPS) is 17.8. The topological polar surface area (TPSA) is 138 Å². The second-order valence-electron chi connectivity index (χ2n) is 16.7. The van der Waals surface area contributed by atoms with Gasteiger partial charge in [-0.15, -0.1) is 0 Å². The number of benzene rings is 1. The molecule has 1 fully saturated rings. The van der Waals surface area contributed by atoms with Gasteiger partial charge in [-0.3, -0.25) is 14.4 Å². The number of anilines is 3. The fraction of sp³-hybridized carbons (Fsp3) is 0.568. The van der Waals surface area contributed by atoms with Crippen LogP contribution < -0.4 is 10.2 Å². The first kappa shape index (κ1) is 37.0. The summed E-state index contributed by atoms with van der Waals surface area (Å²) in [5, 5.41) is 18.3. The Labute approximate surface area is 297 Å². The minimum atomic E-state index is -2.16. The average Bonchev–Trinajstić information content (AvgIpc) is 3.72. The van der Waals surface area contributed by atoms with Crippen LogP contribution in [0.1, 0.15) is 103 Å². The molecule has 3 aromatic rings. The van der Waals surface area contributed by atoms with Crippen molar-refractivity contribution >= 4 is 37.8 Å². The first-order chi connectivity index (χ1) is 23.1. The van der Waals surface area contributed by atoms with Crippen molar-refractivity contribution in [3.63, 3.8) is 0 Å². The molecule has 0 unspecified atom stereocenters. The highest BCUT2D eigenvalue weighted by atomic mass is 28.4. The molecule has 1 saturated carbocycles. The number of aromatic nitrogens is 4. The molecule has 12 nitrogen and oxygen atoms in total. The molecule has 0 saturated heterocycles. The van der Waals surface area contributed by atoms with E-state index in [1.54, 1.807) is 38.9 Å². The summed E-state index contributed by atoms with van der Waals surface area (Å²) in [6.07, 6.45) is 3.17. The van der Waals surface area contributed by atoms with E-state index in [4.69, 9.17) is 14.1 Å². The molecule has 0 bridgehead atoms. The number of nitrogens with one attached hydrogen (secondary N) is 1. The summed E-state index contributed by atoms with van der Waals surface area (Å²) < 4.78 is 14.3. The van der Waals surface area contributed by atoms with Gasteiger partial charge in [-0.05, 0) is 89.4 Å². The summed E-state index contributed by atoms with van der Waals surface area (Å²) in [4.78, 5) is 39.5. The quantitative estimate of drug-likeness (QED) is 0.222. The molecule has 5 rings (SSSR count). The van der Waals surface area contributed by atoms with Gasteiger partial charge in [0.25, 0.3) is 5.91 Å². The van der Waals surface area contributed by atoms with Gasteiger partial charge in [0.1, 0.15) is 17.4 Å². The van der Waals surface area contributed by atoms with E-state index in [-0.39, 0.29) is 23.0 Å². The molecule has 0 spiro atoms. The zero-order valence-corrected chi connectivity index (χ0v) is 32.6. The van der Waals surface area contributed by atoms with Crippen molar-refractivity contribution in [1.82, 2.24) is 24.6 Å². The van der Waals surface area contributed by atoms with Crippen LogP contribution in [-0.4, -0.2) is 76.8 Å². The third kappa shape index (κ3) is 7.56. The molecule has 13 heteroatoms. The maximum absolute atomic E-state index is 13.6. The van der Waals surface area contributed by atoms with Crippen LogP contribution in [0.5, 0.6) is 0 Å². The molecule has 2 aromatic heterocycles. The van der Waals surface area contributed by atoms with Crippen LogP contribution in [0.2, 0.25) is 18.1 Å². The molecule has 50 heavy (non-hydrogen) atoms. The van der Waals surface area contributed by atoms with Crippen molar-refractivity contribution in [2.75, 3.05) is 30.4 Å². The number of hydrogen-bond acceptors (Lipinski definition) is 9. The molecule has 268 valence electrons. The van der Waals surface area contributed by atoms with E-state index >= 15 is 0 Å². The second kappa shape index (κ2) is 13.1. The molecule has 1 aliphatic carbocycles. The largest absolute Gasteiger partial charge is 0.443 e. The van der Waals surface area contributed by atoms with Gasteiger partial charge >= 0.3 is 6.09 Å². The van der Waals surface area contributed by atoms with Gasteiger partial charge in [0, 0.05) is 55.5 Å². The SMILES string of the molecule is CC(C)n1nc(Nc2nccc(-c3cc(C#N)c4c(c3)[C@@](C)(CO[Si](C)(C)C(C)(C)C)CN4C(=O)OC(C)(C)C)n2)cc1C(=O)N(C)C1CC1. The second-order valence-corrected chi connectivity index (χ2v) is 21.5. The van der Waals surface area contributed by atoms with Crippen LogP contribution in [0.3, 0.4) is 0 Å². The van der Waals surface area contributed by atoms with E-state index < -0.39 is 25.4 Å². The number of amides is 2. The molecule has 0 radical (unpaired) electrons. The van der Waals surface area contributed by atoms with Gasteiger partial charge in [-0.25, -0.2) is 14.8 Å². The summed E-state index contributed by atoms with van der Waals surface area (Å²) in [5.41, 5.74) is 2.14. The number of rotatable bonds is 9. The predicted octanol–water partition coefficient (Wildman–Crippen LogP) is 7.81. The Morgan fingerprint density at radius 1 is 1.16 bits per heavy atom. The van der Waals surface area contributed by atoms with E-state index in [2.05, 4.69) is 62.3 Å². The van der Waals surface area contributed by atoms with E-state index in [1.165, 1.54) is 0 Å². The molecular formula is C37H52N8O4Si. The zero-order chi connectivity index (χ0) is 37.0. The van der Waals surface area contributed by atoms with Crippen LogP contribution in [0.25, 0.3) is 11.3 Å². The molecule has 3 heterocycles. The van der Waals surface area contributed by atoms with Crippen molar-refractivity contribution < 1.29 is 18.8 Å². The molecule has 1 aliphatic heterocycles. The lowest BCUT2D eigenvalue weighted by molar-refractivity contribution is 0.0574. The summed E-state index contributed by atoms with van der Waals surface area (Å²) in [5.74, 6) is 0.682. The molecule has 1 aromatic carbocycles. The van der Waals surface area contributed by atoms with E-state index in [1.807, 2.05) is 47.7 Å². The predicted molar refractivity (Wildman–Crippen MR) is 197 cm³/mol. The first-order valence-electron chi connectivity index (χ1n) is 17.3. The van der Waals surface area contributed by atoms with Gasteiger partial charge < -0.3 is 19.4 Å². The van der Waals surface area contributed by atoms with E-state index in [0.29, 0.717) is 53.1 Å². The Bertz CT molecular complexity index is 1830. The molecular weight excluding hydrogens is 649 g/mol. The molecule has 2 amide bonds. The molecule has 1 N–H and O–H groups in total. The fourth-order valence-corrected chi connectivity index (χ4v) is 6.91. The highest BCUT2D eigenvalue weighted by molar-refractivity contribution is 6.74. The number of ether oxygens (including phenoxy) is 1. The third-order valence-corrected chi connectivity index (χ3v) is 14.4. The standard InChI is InChI=1S/C37H52N8O4Si/c1-23(2)45-29(32(46)43(10)26-13-14-26)19-30(42-45)41-33-39-16-15-28(40-33)24-17-25(20-38)31-27(18-24)37(9,22-48-50(11,12)36(6,7)8)21-44(31)34(47)49-35(3,4)5/h15-19,23,26H,13-14,21-22H2,1-12H3,(H,39,40,41,42)/t37-/m1/s1. The lowest BCUT2D eigenvalue weighted by Crippen LogP contribution is -2.46. The van der Waals surface area contributed by atoms with E-state index in [0.717, 1.165) is 18.4 Å². The van der Waals surface area contributed by atoms with Crippen molar-refractivity contribution in [2.24, 2.45) is 0 Å². The van der Waals surface area contributed by atoms with Gasteiger partial charge in [0.2, 0.25) is 5.95 Å². The summed E-state index contributed by atoms with van der Waals surface area (Å²) in [6, 6.07) is 9.85. The van der Waals surface area contributed by atoms with Crippen LogP contribution in [0.4, 0.5) is 22.2 Å². The van der Waals surface area contributed by atoms with Crippen LogP contribution in [0.15, 0.2) is 30.5 Å². The van der Waals surface area contributed by atoms with Crippen molar-refractivity contribution in [1.29, 1.82) is 5.26 Å². The highest BCUT2D eigenvalue weighted by Gasteiger charge is 2.47. The van der Waals surface area contributed by atoms with Crippen LogP contribution in [0, 0.1) is 11.3 Å². The van der Waals surface area contributed by atoms with Crippen molar-refractivity contribution in [2.45, 2.75) is 116 Å². The first-order valence-corrected chi connectivity index (χ1v) is 20.3. The Balaban J connectivity index is 1.52. The number of fused-ring (bicyclic) bond motifs is 1. The zero-order valence-electron chi connectivity index (χ0n) is 31.6. The molecule has 1 atom stereocenters. The lowest BCUT2D eigenvalue weighted by atomic mass is 9.83. The number of carbonyl (C=O) groups excluding carboxylic acids is 2. The monoisotopic (exact) mass is 700 g/mol. The highest BCUT2D eigenvalue weighted by Crippen LogP contribution is 2.47. The number of carbonyl (C=O) groups is 2. The minimum Gasteiger partial charge on any atom is -0.443 e. The Hall–Kier alpha value is -4.28. The minimum absolute atomic E-state index is 0.00807. The average molecular weight is 701 g/mol. The third-order valence-electron chi connectivity index (χ3n) is 9.88. The van der Waals surface area contributed by atoms with Crippen molar-refractivity contribution in [3.8, 4) is 17.3 Å². The fourth-order valence-electron chi connectivity index (χ4n) is 5.80. The maximum atomic E-state index is 13.6.